The maximum Gasteiger partial charge on any atom is 0.228 e. The largest absolute Gasteiger partial charge is 0.504 e. The first-order valence-electron chi connectivity index (χ1n) is 7.22. The van der Waals surface area contributed by atoms with Gasteiger partial charge in [-0.2, -0.15) is 5.10 Å². The zero-order chi connectivity index (χ0) is 17.8. The lowest BCUT2D eigenvalue weighted by atomic mass is 10.1. The highest BCUT2D eigenvalue weighted by molar-refractivity contribution is 6.07. The fourth-order valence-corrected chi connectivity index (χ4v) is 2.03. The fourth-order valence-electron chi connectivity index (χ4n) is 2.03. The lowest BCUT2D eigenvalue weighted by Gasteiger charge is -2.05. The summed E-state index contributed by atoms with van der Waals surface area (Å²) in [5.41, 5.74) is 0.551. The van der Waals surface area contributed by atoms with Gasteiger partial charge in [-0.05, 0) is 31.2 Å². The van der Waals surface area contributed by atoms with E-state index in [4.69, 9.17) is 9.15 Å². The molecule has 0 saturated heterocycles. The van der Waals surface area contributed by atoms with Crippen LogP contribution in [0.25, 0.3) is 5.76 Å². The summed E-state index contributed by atoms with van der Waals surface area (Å²) in [6.45, 7) is 1.47. The molecular formula is C17H13N3O5. The first kappa shape index (κ1) is 16.2. The van der Waals surface area contributed by atoms with E-state index in [0.717, 1.165) is 6.08 Å². The molecule has 0 aliphatic rings. The number of hydrogen-bond acceptors (Lipinski definition) is 7. The van der Waals surface area contributed by atoms with Crippen molar-refractivity contribution in [3.63, 3.8) is 0 Å². The van der Waals surface area contributed by atoms with Gasteiger partial charge < -0.3 is 14.3 Å². The highest BCUT2D eigenvalue weighted by atomic mass is 16.5. The number of H-pyrrole nitrogens is 1. The van der Waals surface area contributed by atoms with Crippen molar-refractivity contribution in [1.82, 2.24) is 15.2 Å². The van der Waals surface area contributed by atoms with Gasteiger partial charge in [0.25, 0.3) is 0 Å². The molecule has 1 aromatic carbocycles. The van der Waals surface area contributed by atoms with Crippen molar-refractivity contribution in [2.75, 3.05) is 0 Å². The standard InChI is InChI=1S/C17H13N3O5/c1-10(21)11-2-4-12(5-3-11)25-15-6-7-24-16(15)13(22)8-14(23)17-18-9-19-20-17/h2-9,23H,1H3,(H,18,19,20). The Labute approximate surface area is 141 Å². The monoisotopic (exact) mass is 339 g/mol. The van der Waals surface area contributed by atoms with Gasteiger partial charge in [-0.25, -0.2) is 4.98 Å². The summed E-state index contributed by atoms with van der Waals surface area (Å²) in [6.07, 6.45) is 3.51. The molecule has 0 unspecified atom stereocenters. The van der Waals surface area contributed by atoms with Crippen LogP contribution < -0.4 is 4.74 Å². The molecule has 0 radical (unpaired) electrons. The number of nitrogens with zero attached hydrogens (tertiary/aromatic N) is 2. The van der Waals surface area contributed by atoms with Crippen LogP contribution in [0.3, 0.4) is 0 Å². The molecule has 2 N–H and O–H groups in total. The summed E-state index contributed by atoms with van der Waals surface area (Å²) in [5.74, 6) is -0.553. The van der Waals surface area contributed by atoms with E-state index >= 15 is 0 Å². The van der Waals surface area contributed by atoms with Crippen LogP contribution in [0.15, 0.2) is 53.4 Å². The lowest BCUT2D eigenvalue weighted by Crippen LogP contribution is -1.98. The second-order valence-corrected chi connectivity index (χ2v) is 5.01. The van der Waals surface area contributed by atoms with Crippen LogP contribution in [0, 0.1) is 0 Å². The van der Waals surface area contributed by atoms with Gasteiger partial charge in [0.15, 0.2) is 17.3 Å². The lowest BCUT2D eigenvalue weighted by molar-refractivity contribution is 0.101. The van der Waals surface area contributed by atoms with Gasteiger partial charge >= 0.3 is 0 Å². The Morgan fingerprint density at radius 3 is 2.64 bits per heavy atom. The maximum absolute atomic E-state index is 12.2. The summed E-state index contributed by atoms with van der Waals surface area (Å²) < 4.78 is 10.7. The Hall–Kier alpha value is -3.68. The topological polar surface area (TPSA) is 118 Å². The van der Waals surface area contributed by atoms with Gasteiger partial charge in [0.05, 0.1) is 6.26 Å². The summed E-state index contributed by atoms with van der Waals surface area (Å²) in [5, 5.41) is 15.9. The average molecular weight is 339 g/mol. The molecule has 3 rings (SSSR count). The predicted molar refractivity (Wildman–Crippen MR) is 86.5 cm³/mol. The SMILES string of the molecule is CC(=O)c1ccc(Oc2ccoc2C(=O)C=C(O)c2nc[nH]n2)cc1. The second kappa shape index (κ2) is 6.83. The molecule has 3 aromatic rings. The maximum atomic E-state index is 12.2. The molecule has 0 bridgehead atoms. The van der Waals surface area contributed by atoms with E-state index in [2.05, 4.69) is 15.2 Å². The molecule has 8 heteroatoms. The van der Waals surface area contributed by atoms with Crippen molar-refractivity contribution in [2.45, 2.75) is 6.92 Å². The summed E-state index contributed by atoms with van der Waals surface area (Å²) >= 11 is 0. The Bertz CT molecular complexity index is 924. The number of aromatic nitrogens is 3. The minimum atomic E-state index is -0.609. The highest BCUT2D eigenvalue weighted by Crippen LogP contribution is 2.27. The van der Waals surface area contributed by atoms with Crippen LogP contribution >= 0.6 is 0 Å². The third-order valence-corrected chi connectivity index (χ3v) is 3.25. The first-order chi connectivity index (χ1) is 12.0. The quantitative estimate of drug-likeness (QED) is 0.402. The van der Waals surface area contributed by atoms with Crippen molar-refractivity contribution in [3.8, 4) is 11.5 Å². The summed E-state index contributed by atoms with van der Waals surface area (Å²) in [6, 6.07) is 7.93. The van der Waals surface area contributed by atoms with Crippen LogP contribution in [0.5, 0.6) is 11.5 Å². The molecule has 0 amide bonds. The molecule has 0 aliphatic heterocycles. The number of aliphatic hydroxyl groups is 1. The van der Waals surface area contributed by atoms with E-state index in [0.29, 0.717) is 11.3 Å². The van der Waals surface area contributed by atoms with E-state index in [1.54, 1.807) is 24.3 Å². The minimum absolute atomic E-state index is 0.0119. The Balaban J connectivity index is 1.79. The Morgan fingerprint density at radius 2 is 2.00 bits per heavy atom. The van der Waals surface area contributed by atoms with E-state index in [9.17, 15) is 14.7 Å². The number of nitrogens with one attached hydrogen (secondary N) is 1. The van der Waals surface area contributed by atoms with E-state index in [1.165, 1.54) is 25.6 Å². The molecular weight excluding hydrogens is 326 g/mol. The normalized spacial score (nSPS) is 11.3. The first-order valence-corrected chi connectivity index (χ1v) is 7.22. The summed E-state index contributed by atoms with van der Waals surface area (Å²) in [4.78, 5) is 27.3. The number of ketones is 2. The molecule has 0 spiro atoms. The van der Waals surface area contributed by atoms with Gasteiger partial charge in [0.1, 0.15) is 12.1 Å². The molecule has 8 nitrogen and oxygen atoms in total. The van der Waals surface area contributed by atoms with Crippen LogP contribution in [0.2, 0.25) is 0 Å². The van der Waals surface area contributed by atoms with Crippen molar-refractivity contribution < 1.29 is 23.8 Å². The third kappa shape index (κ3) is 3.63. The number of benzene rings is 1. The number of rotatable bonds is 6. The molecule has 0 atom stereocenters. The molecule has 0 aliphatic carbocycles. The number of aliphatic hydroxyl groups excluding tert-OH is 1. The fraction of sp³-hybridized carbons (Fsp3) is 0.0588. The van der Waals surface area contributed by atoms with E-state index in [-0.39, 0.29) is 23.1 Å². The molecule has 126 valence electrons. The van der Waals surface area contributed by atoms with Crippen LogP contribution in [-0.2, 0) is 0 Å². The molecule has 2 heterocycles. The predicted octanol–water partition coefficient (Wildman–Crippen LogP) is 3.17. The minimum Gasteiger partial charge on any atom is -0.504 e. The number of aromatic amines is 1. The van der Waals surface area contributed by atoms with Gasteiger partial charge in [-0.3, -0.25) is 14.7 Å². The zero-order valence-corrected chi connectivity index (χ0v) is 13.1. The van der Waals surface area contributed by atoms with E-state index in [1.807, 2.05) is 0 Å². The number of Topliss-reactive ketones (excluding diaryl/α,β-unsaturated/α-hetero) is 1. The average Bonchev–Trinajstić information content (AvgIpc) is 3.27. The highest BCUT2D eigenvalue weighted by Gasteiger charge is 2.18. The number of furan rings is 1. The van der Waals surface area contributed by atoms with Crippen LogP contribution in [-0.4, -0.2) is 31.9 Å². The van der Waals surface area contributed by atoms with Crippen molar-refractivity contribution in [2.24, 2.45) is 0 Å². The van der Waals surface area contributed by atoms with Crippen molar-refractivity contribution >= 4 is 17.3 Å². The van der Waals surface area contributed by atoms with Gasteiger partial charge in [0, 0.05) is 17.7 Å². The van der Waals surface area contributed by atoms with Gasteiger partial charge in [-0.1, -0.05) is 0 Å². The van der Waals surface area contributed by atoms with Gasteiger partial charge in [-0.15, -0.1) is 0 Å². The number of carbonyl (C=O) groups excluding carboxylic acids is 2. The molecule has 0 saturated carbocycles. The van der Waals surface area contributed by atoms with E-state index < -0.39 is 11.5 Å². The second-order valence-electron chi connectivity index (χ2n) is 5.01. The van der Waals surface area contributed by atoms with Gasteiger partial charge in [0.2, 0.25) is 17.4 Å². The van der Waals surface area contributed by atoms with Crippen molar-refractivity contribution in [3.05, 3.63) is 66.1 Å². The Kier molecular flexibility index (Phi) is 4.42. The number of allylic oxidation sites excluding steroid dienone is 1. The smallest absolute Gasteiger partial charge is 0.228 e. The number of ether oxygens (including phenoxy) is 1. The molecule has 2 aromatic heterocycles. The molecule has 0 fully saturated rings. The van der Waals surface area contributed by atoms with Crippen LogP contribution in [0.4, 0.5) is 0 Å². The van der Waals surface area contributed by atoms with Crippen LogP contribution in [0.1, 0.15) is 33.7 Å². The Morgan fingerprint density at radius 1 is 1.24 bits per heavy atom. The number of carbonyl (C=O) groups is 2. The summed E-state index contributed by atoms with van der Waals surface area (Å²) in [7, 11) is 0. The number of hydrogen-bond donors (Lipinski definition) is 2. The molecule has 25 heavy (non-hydrogen) atoms. The van der Waals surface area contributed by atoms with Crippen molar-refractivity contribution in [1.29, 1.82) is 0 Å². The third-order valence-electron chi connectivity index (χ3n) is 3.25. The zero-order valence-electron chi connectivity index (χ0n) is 13.1.